The molecular weight excluding hydrogens is 172 g/mol. The lowest BCUT2D eigenvalue weighted by Gasteiger charge is -2.28. The second-order valence-electron chi connectivity index (χ2n) is 3.10. The summed E-state index contributed by atoms with van der Waals surface area (Å²) in [5.74, 6) is -0.161. The number of nitrogens with one attached hydrogen (secondary N) is 1. The highest BCUT2D eigenvalue weighted by atomic mass is 16.5. The summed E-state index contributed by atoms with van der Waals surface area (Å²) < 4.78 is 5.01. The molecule has 1 heterocycles. The third-order valence-corrected chi connectivity index (χ3v) is 2.00. The zero-order valence-corrected chi connectivity index (χ0v) is 7.87. The highest BCUT2D eigenvalue weighted by molar-refractivity contribution is 5.92. The molecule has 1 aliphatic rings. The van der Waals surface area contributed by atoms with Gasteiger partial charge in [0.15, 0.2) is 0 Å². The van der Waals surface area contributed by atoms with Gasteiger partial charge >= 0.3 is 0 Å². The molecule has 1 aliphatic heterocycles. The van der Waals surface area contributed by atoms with E-state index in [0.717, 1.165) is 0 Å². The molecule has 1 fully saturated rings. The maximum absolute atomic E-state index is 11.2. The molecule has 1 unspecified atom stereocenters. The fraction of sp³-hybridized carbons (Fsp3) is 0.750. The highest BCUT2D eigenvalue weighted by Crippen LogP contribution is 1.99. The molecule has 0 bridgehead atoms. The number of hydrogen-bond acceptors (Lipinski definition) is 3. The minimum absolute atomic E-state index is 0.0325. The standard InChI is InChI=1S/C8H14N2O3/c1-6(13-2)4-10-5-7(11)9-3-8(10)12/h6H,3-5H2,1-2H3,(H,9,11). The molecule has 0 spiro atoms. The van der Waals surface area contributed by atoms with E-state index in [1.165, 1.54) is 4.90 Å². The predicted octanol–water partition coefficient (Wildman–Crippen LogP) is -1.02. The van der Waals surface area contributed by atoms with Gasteiger partial charge in [0.2, 0.25) is 11.8 Å². The van der Waals surface area contributed by atoms with E-state index in [-0.39, 0.29) is 31.0 Å². The van der Waals surface area contributed by atoms with Crippen LogP contribution in [0.3, 0.4) is 0 Å². The molecule has 1 rings (SSSR count). The molecule has 74 valence electrons. The second-order valence-corrected chi connectivity index (χ2v) is 3.10. The quantitative estimate of drug-likeness (QED) is 0.613. The minimum Gasteiger partial charge on any atom is -0.380 e. The van der Waals surface area contributed by atoms with Crippen molar-refractivity contribution in [2.24, 2.45) is 0 Å². The Hall–Kier alpha value is -1.10. The summed E-state index contributed by atoms with van der Waals surface area (Å²) in [4.78, 5) is 23.7. The van der Waals surface area contributed by atoms with Crippen LogP contribution in [0.25, 0.3) is 0 Å². The van der Waals surface area contributed by atoms with Gasteiger partial charge in [-0.05, 0) is 6.92 Å². The molecule has 0 aromatic rings. The Morgan fingerprint density at radius 2 is 2.31 bits per heavy atom. The minimum atomic E-state index is -0.108. The molecule has 2 amide bonds. The smallest absolute Gasteiger partial charge is 0.242 e. The van der Waals surface area contributed by atoms with Crippen LogP contribution in [0.4, 0.5) is 0 Å². The average Bonchev–Trinajstić information content (AvgIpc) is 2.11. The zero-order chi connectivity index (χ0) is 9.84. The summed E-state index contributed by atoms with van der Waals surface area (Å²) in [6.45, 7) is 2.59. The van der Waals surface area contributed by atoms with Gasteiger partial charge in [-0.25, -0.2) is 0 Å². The van der Waals surface area contributed by atoms with Crippen LogP contribution in [0.1, 0.15) is 6.92 Å². The number of ether oxygens (including phenoxy) is 1. The van der Waals surface area contributed by atoms with Gasteiger partial charge in [-0.3, -0.25) is 9.59 Å². The number of hydrogen-bond donors (Lipinski definition) is 1. The van der Waals surface area contributed by atoms with E-state index < -0.39 is 0 Å². The lowest BCUT2D eigenvalue weighted by atomic mass is 10.3. The molecular formula is C8H14N2O3. The van der Waals surface area contributed by atoms with Crippen LogP contribution in [0.15, 0.2) is 0 Å². The van der Waals surface area contributed by atoms with Crippen molar-refractivity contribution in [3.8, 4) is 0 Å². The maximum Gasteiger partial charge on any atom is 0.242 e. The fourth-order valence-electron chi connectivity index (χ4n) is 1.15. The first-order valence-corrected chi connectivity index (χ1v) is 4.20. The third kappa shape index (κ3) is 2.69. The van der Waals surface area contributed by atoms with E-state index in [1.807, 2.05) is 6.92 Å². The van der Waals surface area contributed by atoms with Crippen molar-refractivity contribution in [2.75, 3.05) is 26.7 Å². The van der Waals surface area contributed by atoms with Crippen LogP contribution >= 0.6 is 0 Å². The van der Waals surface area contributed by atoms with Crippen LogP contribution in [0.5, 0.6) is 0 Å². The van der Waals surface area contributed by atoms with Crippen molar-refractivity contribution in [2.45, 2.75) is 13.0 Å². The maximum atomic E-state index is 11.2. The van der Waals surface area contributed by atoms with Gasteiger partial charge in [-0.15, -0.1) is 0 Å². The van der Waals surface area contributed by atoms with Gasteiger partial charge in [-0.1, -0.05) is 0 Å². The molecule has 0 radical (unpaired) electrons. The Balaban J connectivity index is 2.46. The molecule has 5 nitrogen and oxygen atoms in total. The van der Waals surface area contributed by atoms with Crippen molar-refractivity contribution in [3.05, 3.63) is 0 Å². The van der Waals surface area contributed by atoms with Crippen LogP contribution in [0.2, 0.25) is 0 Å². The van der Waals surface area contributed by atoms with Crippen LogP contribution in [-0.4, -0.2) is 49.6 Å². The first kappa shape index (κ1) is 9.98. The van der Waals surface area contributed by atoms with E-state index >= 15 is 0 Å². The lowest BCUT2D eigenvalue weighted by molar-refractivity contribution is -0.141. The van der Waals surface area contributed by atoms with E-state index in [9.17, 15) is 9.59 Å². The lowest BCUT2D eigenvalue weighted by Crippen LogP contribution is -2.53. The van der Waals surface area contributed by atoms with Crippen molar-refractivity contribution >= 4 is 11.8 Å². The Morgan fingerprint density at radius 3 is 2.92 bits per heavy atom. The molecule has 13 heavy (non-hydrogen) atoms. The summed E-state index contributed by atoms with van der Waals surface area (Å²) in [5, 5.41) is 2.48. The second kappa shape index (κ2) is 4.23. The van der Waals surface area contributed by atoms with Crippen molar-refractivity contribution < 1.29 is 14.3 Å². The normalized spacial score (nSPS) is 20.0. The predicted molar refractivity (Wildman–Crippen MR) is 46.1 cm³/mol. The van der Waals surface area contributed by atoms with Crippen molar-refractivity contribution in [3.63, 3.8) is 0 Å². The number of piperazine rings is 1. The molecule has 1 saturated heterocycles. The summed E-state index contributed by atoms with van der Waals surface area (Å²) in [5.41, 5.74) is 0. The van der Waals surface area contributed by atoms with Gasteiger partial charge < -0.3 is 15.0 Å². The van der Waals surface area contributed by atoms with Gasteiger partial charge in [0.25, 0.3) is 0 Å². The topological polar surface area (TPSA) is 58.6 Å². The van der Waals surface area contributed by atoms with Crippen molar-refractivity contribution in [1.82, 2.24) is 10.2 Å². The monoisotopic (exact) mass is 186 g/mol. The Labute approximate surface area is 77.0 Å². The Bertz CT molecular complexity index is 217. The first-order chi connectivity index (χ1) is 6.13. The molecule has 0 saturated carbocycles. The first-order valence-electron chi connectivity index (χ1n) is 4.20. The van der Waals surface area contributed by atoms with Crippen LogP contribution < -0.4 is 5.32 Å². The third-order valence-electron chi connectivity index (χ3n) is 2.00. The molecule has 5 heteroatoms. The average molecular weight is 186 g/mol. The van der Waals surface area contributed by atoms with Gasteiger partial charge in [0.05, 0.1) is 19.2 Å². The zero-order valence-electron chi connectivity index (χ0n) is 7.87. The highest BCUT2D eigenvalue weighted by Gasteiger charge is 2.23. The molecule has 1 atom stereocenters. The van der Waals surface area contributed by atoms with E-state index in [0.29, 0.717) is 6.54 Å². The van der Waals surface area contributed by atoms with E-state index in [4.69, 9.17) is 4.74 Å². The summed E-state index contributed by atoms with van der Waals surface area (Å²) in [7, 11) is 1.58. The Morgan fingerprint density at radius 1 is 1.62 bits per heavy atom. The van der Waals surface area contributed by atoms with Crippen LogP contribution in [0, 0.1) is 0 Å². The van der Waals surface area contributed by atoms with Crippen LogP contribution in [-0.2, 0) is 14.3 Å². The summed E-state index contributed by atoms with van der Waals surface area (Å²) >= 11 is 0. The molecule has 0 aromatic heterocycles. The molecule has 0 aliphatic carbocycles. The van der Waals surface area contributed by atoms with Gasteiger partial charge in [-0.2, -0.15) is 0 Å². The number of methoxy groups -OCH3 is 1. The number of carbonyl (C=O) groups excluding carboxylic acids is 2. The van der Waals surface area contributed by atoms with E-state index in [1.54, 1.807) is 7.11 Å². The SMILES string of the molecule is COC(C)CN1CC(=O)NCC1=O. The van der Waals surface area contributed by atoms with Gasteiger partial charge in [0.1, 0.15) is 0 Å². The fourth-order valence-corrected chi connectivity index (χ4v) is 1.15. The number of rotatable bonds is 3. The number of carbonyl (C=O) groups is 2. The summed E-state index contributed by atoms with van der Waals surface area (Å²) in [6.07, 6.45) is -0.0325. The molecule has 0 aromatic carbocycles. The van der Waals surface area contributed by atoms with E-state index in [2.05, 4.69) is 5.32 Å². The van der Waals surface area contributed by atoms with Crippen molar-refractivity contribution in [1.29, 1.82) is 0 Å². The Kier molecular flexibility index (Phi) is 3.25. The number of amides is 2. The molecule has 1 N–H and O–H groups in total. The van der Waals surface area contributed by atoms with Gasteiger partial charge in [0, 0.05) is 13.7 Å². The number of nitrogens with zero attached hydrogens (tertiary/aromatic N) is 1. The largest absolute Gasteiger partial charge is 0.380 e. The summed E-state index contributed by atoms with van der Waals surface area (Å²) in [6, 6.07) is 0.